The van der Waals surface area contributed by atoms with Gasteiger partial charge in [-0.1, -0.05) is 60.2 Å². The highest BCUT2D eigenvalue weighted by Gasteiger charge is 2.50. The van der Waals surface area contributed by atoms with Crippen LogP contribution in [0.2, 0.25) is 0 Å². The van der Waals surface area contributed by atoms with E-state index >= 15 is 0 Å². The third-order valence-electron chi connectivity index (χ3n) is 11.5. The number of hydrogen-bond donors (Lipinski definition) is 2. The first-order valence-electron chi connectivity index (χ1n) is 16.4. The molecule has 0 aromatic rings. The fourth-order valence-electron chi connectivity index (χ4n) is 9.15. The van der Waals surface area contributed by atoms with Crippen molar-refractivity contribution >= 4 is 35.1 Å². The third-order valence-corrected chi connectivity index (χ3v) is 11.8. The van der Waals surface area contributed by atoms with Gasteiger partial charge in [-0.3, -0.25) is 5.41 Å². The van der Waals surface area contributed by atoms with Crippen LogP contribution >= 0.6 is 24.0 Å². The van der Waals surface area contributed by atoms with Crippen molar-refractivity contribution in [2.24, 2.45) is 71.0 Å². The summed E-state index contributed by atoms with van der Waals surface area (Å²) in [6.45, 7) is 0. The second-order valence-corrected chi connectivity index (χ2v) is 14.3. The zero-order valence-electron chi connectivity index (χ0n) is 30.1. The number of nitrogens with two attached hydrogens (primary N) is 2. The molecule has 8 rings (SSSR count). The smallest absolute Gasteiger partial charge is 0.336 e. The highest BCUT2D eigenvalue weighted by molar-refractivity contribution is 6.65. The number of allylic oxidation sites excluding steroid dienone is 8. The topological polar surface area (TPSA) is 175 Å². The fraction of sp³-hybridized carbons (Fsp3) is 0.676. The Morgan fingerprint density at radius 3 is 1.36 bits per heavy atom. The lowest BCUT2D eigenvalue weighted by Gasteiger charge is -2.37. The molecule has 8 aliphatic rings. The molecule has 0 amide bonds. The summed E-state index contributed by atoms with van der Waals surface area (Å²) in [5.74, 6) is 6.79. The summed E-state index contributed by atoms with van der Waals surface area (Å²) in [4.78, 5) is 0. The van der Waals surface area contributed by atoms with Crippen LogP contribution in [0.3, 0.4) is 0 Å². The number of methoxy groups -OCH3 is 4. The van der Waals surface area contributed by atoms with Gasteiger partial charge in [-0.25, -0.2) is 5.41 Å². The van der Waals surface area contributed by atoms with Gasteiger partial charge in [0.2, 0.25) is 0 Å². The molecule has 13 heteroatoms. The van der Waals surface area contributed by atoms with E-state index in [9.17, 15) is 0 Å². The summed E-state index contributed by atoms with van der Waals surface area (Å²) in [6, 6.07) is 2.34. The Balaban J connectivity index is 0. The van der Waals surface area contributed by atoms with Crippen LogP contribution in [-0.2, 0) is 18.9 Å². The molecule has 7 N–H and O–H groups in total. The number of ether oxygens (including phenoxy) is 4. The molecular formula is C37H61Cl4N4O5+. The maximum absolute atomic E-state index is 8.60. The predicted molar refractivity (Wildman–Crippen MR) is 198 cm³/mol. The van der Waals surface area contributed by atoms with E-state index in [2.05, 4.69) is 54.7 Å². The van der Waals surface area contributed by atoms with Gasteiger partial charge in [0.05, 0.1) is 37.4 Å². The highest BCUT2D eigenvalue weighted by Crippen LogP contribution is 2.50. The molecule has 0 radical (unpaired) electrons. The Bertz CT molecular complexity index is 1210. The van der Waals surface area contributed by atoms with E-state index in [1.165, 1.54) is 32.1 Å². The Kier molecular flexibility index (Phi) is 22.7. The average molecular weight is 784 g/mol. The van der Waals surface area contributed by atoms with Crippen molar-refractivity contribution in [2.75, 3.05) is 28.4 Å². The molecule has 286 valence electrons. The molecule has 4 fully saturated rings. The van der Waals surface area contributed by atoms with Gasteiger partial charge in [-0.2, -0.15) is 5.26 Å². The van der Waals surface area contributed by atoms with Crippen LogP contribution < -0.4 is 17.8 Å². The van der Waals surface area contributed by atoms with Gasteiger partial charge >= 0.3 is 5.90 Å². The van der Waals surface area contributed by atoms with Crippen LogP contribution in [-0.4, -0.2) is 51.0 Å². The monoisotopic (exact) mass is 781 g/mol. The standard InChI is InChI=1S/C11H18O3.C9H13NO.C8H10ClN.C8H9N.CH3.ClH2.2ClH.H2N.H2O/c1-12-11(13-2,14-3)10-7-8-4-5-9(10)6-8;1-11-9(10)8-5-6-2-3-7(8)4-6;9-8(10)7-4-5-1-2-6(7)3-5;9-5-8-4-6-1-2-7(8)3-6;;;;;;/h4-5,8-10H,6-7H2,1-3H3;2-3,6-8,10H,4-5H2,1H3;1-2,5-7,10H,3-4H2;1-2,6-8H,3-4H2;1H3;1H2;2*1H;2*1H2/q;;;;2*+1;;;-1;. The minimum Gasteiger partial charge on any atom is -1.00 e. The number of rotatable bonds is 6. The number of nitrogens with zero attached hydrogens (tertiary/aromatic N) is 1. The van der Waals surface area contributed by atoms with Crippen molar-refractivity contribution in [2.45, 2.75) is 57.3 Å². The molecule has 8 aliphatic carbocycles. The van der Waals surface area contributed by atoms with Crippen LogP contribution in [0.4, 0.5) is 0 Å². The number of halogens is 4. The first-order valence-corrected chi connectivity index (χ1v) is 16.8. The van der Waals surface area contributed by atoms with E-state index in [0.717, 1.165) is 42.9 Å². The molecule has 12 atom stereocenters. The Morgan fingerprint density at radius 2 is 1.12 bits per heavy atom. The van der Waals surface area contributed by atoms with Crippen LogP contribution in [0.15, 0.2) is 48.6 Å². The second kappa shape index (κ2) is 22.5. The zero-order chi connectivity index (χ0) is 31.4. The Hall–Kier alpha value is -1.58. The quantitative estimate of drug-likeness (QED) is 0.138. The number of nitriles is 1. The van der Waals surface area contributed by atoms with Crippen molar-refractivity contribution in [3.63, 3.8) is 0 Å². The van der Waals surface area contributed by atoms with E-state index in [1.807, 2.05) is 0 Å². The normalized spacial score (nSPS) is 35.4. The first kappa shape index (κ1) is 50.5. The average Bonchev–Trinajstić information content (AvgIpc) is 3.92. The molecule has 8 bridgehead atoms. The first-order chi connectivity index (χ1) is 21.2. The molecule has 9 nitrogen and oxygen atoms in total. The lowest BCUT2D eigenvalue weighted by atomic mass is 9.91. The predicted octanol–water partition coefficient (Wildman–Crippen LogP) is 3.16. The lowest BCUT2D eigenvalue weighted by molar-refractivity contribution is -0.381. The molecule has 0 heterocycles. The lowest BCUT2D eigenvalue weighted by Crippen LogP contribution is -3.00. The summed E-state index contributed by atoms with van der Waals surface area (Å²) < 4.78 is 21.2. The molecule has 0 aliphatic heterocycles. The van der Waals surface area contributed by atoms with E-state index in [0.29, 0.717) is 58.4 Å². The molecule has 0 spiro atoms. The van der Waals surface area contributed by atoms with Crippen molar-refractivity contribution in [3.8, 4) is 6.07 Å². The van der Waals surface area contributed by atoms with Crippen LogP contribution in [0, 0.1) is 108 Å². The Morgan fingerprint density at radius 1 is 0.720 bits per heavy atom. The maximum Gasteiger partial charge on any atom is 0.336 e. The van der Waals surface area contributed by atoms with E-state index < -0.39 is 5.97 Å². The summed E-state index contributed by atoms with van der Waals surface area (Å²) in [5.41, 5.74) is 0. The minimum absolute atomic E-state index is 0. The van der Waals surface area contributed by atoms with E-state index in [1.54, 1.807) is 28.4 Å². The fourth-order valence-corrected chi connectivity index (χ4v) is 9.40. The van der Waals surface area contributed by atoms with E-state index in [-0.39, 0.29) is 56.3 Å². The summed E-state index contributed by atoms with van der Waals surface area (Å²) in [5, 5.41) is 22.0. The van der Waals surface area contributed by atoms with Gasteiger partial charge in [-0.05, 0) is 98.7 Å². The second-order valence-electron chi connectivity index (χ2n) is 13.8. The molecule has 0 aromatic heterocycles. The minimum atomic E-state index is -0.843. The van der Waals surface area contributed by atoms with Crippen molar-refractivity contribution in [1.82, 2.24) is 0 Å². The van der Waals surface area contributed by atoms with Gasteiger partial charge in [-0.15, -0.1) is 12.4 Å². The molecular weight excluding hydrogens is 722 g/mol. The molecule has 50 heavy (non-hydrogen) atoms. The summed E-state index contributed by atoms with van der Waals surface area (Å²) in [7, 11) is 6.58. The summed E-state index contributed by atoms with van der Waals surface area (Å²) >= 11 is 5.63. The Labute approximate surface area is 324 Å². The number of hydrogen-bond acceptors (Lipinski definition) is 6. The van der Waals surface area contributed by atoms with Gasteiger partial charge in [0.15, 0.2) is 0 Å². The molecule has 4 saturated carbocycles. The molecule has 0 saturated heterocycles. The zero-order valence-corrected chi connectivity index (χ0v) is 33.3. The number of fused-ring (bicyclic) bond motifs is 8. The molecule has 0 aromatic carbocycles. The third kappa shape index (κ3) is 11.0. The highest BCUT2D eigenvalue weighted by atomic mass is 35.5. The van der Waals surface area contributed by atoms with Crippen molar-refractivity contribution in [1.29, 1.82) is 10.7 Å². The SMILES string of the molecule is COC(=[NH2+])C1CC2C=CC1C2.COC(OC)(OC)C1CC2C=CC1C2.Cl.N#CC1CC2C=CC1C2.N=C(Cl)C1CC2C=CC1C2.O.[CH3+].[Cl-].[ClH2+].[NH2-]. The van der Waals surface area contributed by atoms with Gasteiger partial charge in [0.1, 0.15) is 5.17 Å². The number of nitrogens with one attached hydrogen (secondary N) is 1. The molecule has 12 unspecified atom stereocenters. The van der Waals surface area contributed by atoms with E-state index in [4.69, 9.17) is 46.6 Å². The van der Waals surface area contributed by atoms with Crippen LogP contribution in [0.5, 0.6) is 0 Å². The van der Waals surface area contributed by atoms with Gasteiger partial charge in [0.25, 0.3) is 5.97 Å². The van der Waals surface area contributed by atoms with Crippen LogP contribution in [0.25, 0.3) is 6.15 Å². The van der Waals surface area contributed by atoms with Crippen LogP contribution in [0.1, 0.15) is 51.4 Å². The largest absolute Gasteiger partial charge is 1.00 e. The van der Waals surface area contributed by atoms with Gasteiger partial charge < -0.3 is 43.0 Å². The van der Waals surface area contributed by atoms with Crippen molar-refractivity contribution < 1.29 is 54.6 Å². The maximum atomic E-state index is 8.60. The van der Waals surface area contributed by atoms with Crippen molar-refractivity contribution in [3.05, 3.63) is 62.2 Å². The van der Waals surface area contributed by atoms with Gasteiger partial charge in [0, 0.05) is 40.6 Å². The summed E-state index contributed by atoms with van der Waals surface area (Å²) in [6.07, 6.45) is 27.7.